The maximum absolute atomic E-state index is 5.30. The lowest BCUT2D eigenvalue weighted by molar-refractivity contribution is 0.173. The lowest BCUT2D eigenvalue weighted by Gasteiger charge is -2.34. The summed E-state index contributed by atoms with van der Waals surface area (Å²) in [5, 5.41) is 0. The number of benzene rings is 1. The second-order valence-corrected chi connectivity index (χ2v) is 8.31. The molecule has 1 aliphatic carbocycles. The monoisotopic (exact) mass is 344 g/mol. The molecular formula is C24H40O. The minimum Gasteiger partial charge on any atom is -0.493 e. The minimum absolute atomic E-state index is 0.860. The molecule has 0 radical (unpaired) electrons. The maximum Gasteiger partial charge on any atom is 0.122 e. The normalized spacial score (nSPS) is 24.5. The van der Waals surface area contributed by atoms with E-state index in [0.717, 1.165) is 42.4 Å². The first-order valence-electron chi connectivity index (χ1n) is 10.9. The summed E-state index contributed by atoms with van der Waals surface area (Å²) in [4.78, 5) is 0. The van der Waals surface area contributed by atoms with Crippen molar-refractivity contribution in [2.45, 2.75) is 85.5 Å². The van der Waals surface area contributed by atoms with E-state index in [1.165, 1.54) is 56.9 Å². The van der Waals surface area contributed by atoms with Crippen LogP contribution in [0.2, 0.25) is 0 Å². The Kier molecular flexibility index (Phi) is 8.85. The summed E-state index contributed by atoms with van der Waals surface area (Å²) in [6, 6.07) is 8.18. The van der Waals surface area contributed by atoms with Gasteiger partial charge < -0.3 is 4.74 Å². The van der Waals surface area contributed by atoms with E-state index in [4.69, 9.17) is 4.74 Å². The van der Waals surface area contributed by atoms with Crippen molar-refractivity contribution in [1.29, 1.82) is 0 Å². The third kappa shape index (κ3) is 6.35. The van der Waals surface area contributed by atoms with Crippen LogP contribution in [0.3, 0.4) is 0 Å². The van der Waals surface area contributed by atoms with E-state index in [0.29, 0.717) is 0 Å². The first-order chi connectivity index (χ1) is 12.2. The summed E-state index contributed by atoms with van der Waals surface area (Å²) in [5.41, 5.74) is 1.34. The molecule has 142 valence electrons. The average Bonchev–Trinajstić information content (AvgIpc) is 3.15. The molecule has 1 nitrogen and oxygen atoms in total. The van der Waals surface area contributed by atoms with Gasteiger partial charge in [0.15, 0.2) is 0 Å². The SMILES string of the molecule is CCC(C)CC(CC)C1CCC(CC)CC1.c1ccc2c(c1)CCO2. The van der Waals surface area contributed by atoms with Crippen molar-refractivity contribution in [3.05, 3.63) is 29.8 Å². The van der Waals surface area contributed by atoms with Gasteiger partial charge in [-0.3, -0.25) is 0 Å². The molecule has 3 rings (SSSR count). The van der Waals surface area contributed by atoms with Crippen molar-refractivity contribution in [1.82, 2.24) is 0 Å². The Morgan fingerprint density at radius 2 is 1.72 bits per heavy atom. The summed E-state index contributed by atoms with van der Waals surface area (Å²) in [7, 11) is 0. The Bertz CT molecular complexity index is 450. The van der Waals surface area contributed by atoms with Gasteiger partial charge in [0.2, 0.25) is 0 Å². The topological polar surface area (TPSA) is 9.23 Å². The van der Waals surface area contributed by atoms with E-state index >= 15 is 0 Å². The largest absolute Gasteiger partial charge is 0.493 e. The molecule has 25 heavy (non-hydrogen) atoms. The van der Waals surface area contributed by atoms with Gasteiger partial charge in [-0.15, -0.1) is 0 Å². The van der Waals surface area contributed by atoms with Gasteiger partial charge in [0.25, 0.3) is 0 Å². The molecule has 1 fully saturated rings. The van der Waals surface area contributed by atoms with Crippen molar-refractivity contribution in [3.8, 4) is 5.75 Å². The lowest BCUT2D eigenvalue weighted by atomic mass is 9.72. The van der Waals surface area contributed by atoms with Gasteiger partial charge in [-0.1, -0.05) is 78.0 Å². The van der Waals surface area contributed by atoms with Crippen LogP contribution in [0.15, 0.2) is 24.3 Å². The molecule has 2 atom stereocenters. The van der Waals surface area contributed by atoms with Crippen molar-refractivity contribution >= 4 is 0 Å². The molecule has 1 aromatic rings. The molecule has 0 spiro atoms. The summed E-state index contributed by atoms with van der Waals surface area (Å²) in [6.07, 6.45) is 12.8. The number of fused-ring (bicyclic) bond motifs is 1. The standard InChI is InChI=1S/C16H32.C8H8O/c1-5-13(4)12-15(7-3)16-10-8-14(6-2)9-11-16;1-2-4-8-7(3-1)5-6-9-8/h13-16H,5-12H2,1-4H3;1-4H,5-6H2. The molecule has 1 heteroatoms. The summed E-state index contributed by atoms with van der Waals surface area (Å²) >= 11 is 0. The number of hydrogen-bond donors (Lipinski definition) is 0. The van der Waals surface area contributed by atoms with Crippen LogP contribution in [0.5, 0.6) is 5.75 Å². The summed E-state index contributed by atoms with van der Waals surface area (Å²) in [6.45, 7) is 10.4. The smallest absolute Gasteiger partial charge is 0.122 e. The van der Waals surface area contributed by atoms with E-state index < -0.39 is 0 Å². The van der Waals surface area contributed by atoms with E-state index in [2.05, 4.69) is 33.8 Å². The van der Waals surface area contributed by atoms with E-state index in [1.807, 2.05) is 18.2 Å². The molecular weight excluding hydrogens is 304 g/mol. The Morgan fingerprint density at radius 3 is 2.32 bits per heavy atom. The molecule has 0 bridgehead atoms. The van der Waals surface area contributed by atoms with Crippen molar-refractivity contribution in [3.63, 3.8) is 0 Å². The van der Waals surface area contributed by atoms with Gasteiger partial charge in [0.05, 0.1) is 6.61 Å². The average molecular weight is 345 g/mol. The predicted molar refractivity (Wildman–Crippen MR) is 109 cm³/mol. The highest BCUT2D eigenvalue weighted by atomic mass is 16.5. The number of hydrogen-bond acceptors (Lipinski definition) is 1. The molecule has 0 N–H and O–H groups in total. The van der Waals surface area contributed by atoms with E-state index in [1.54, 1.807) is 0 Å². The Balaban J connectivity index is 0.000000208. The van der Waals surface area contributed by atoms with Crippen molar-refractivity contribution in [2.75, 3.05) is 6.61 Å². The highest BCUT2D eigenvalue weighted by Gasteiger charge is 2.26. The number of ether oxygens (including phenoxy) is 1. The molecule has 2 unspecified atom stereocenters. The van der Waals surface area contributed by atoms with Crippen LogP contribution in [0.4, 0.5) is 0 Å². The van der Waals surface area contributed by atoms with Crippen LogP contribution >= 0.6 is 0 Å². The van der Waals surface area contributed by atoms with Crippen LogP contribution in [-0.4, -0.2) is 6.61 Å². The predicted octanol–water partition coefficient (Wildman–Crippen LogP) is 7.29. The first kappa shape index (κ1) is 20.3. The number of para-hydroxylation sites is 1. The van der Waals surface area contributed by atoms with Gasteiger partial charge in [0.1, 0.15) is 5.75 Å². The van der Waals surface area contributed by atoms with E-state index in [9.17, 15) is 0 Å². The molecule has 2 aliphatic rings. The van der Waals surface area contributed by atoms with Crippen LogP contribution in [0.25, 0.3) is 0 Å². The zero-order valence-corrected chi connectivity index (χ0v) is 17.1. The number of rotatable bonds is 6. The highest BCUT2D eigenvalue weighted by molar-refractivity contribution is 5.35. The zero-order valence-electron chi connectivity index (χ0n) is 17.1. The van der Waals surface area contributed by atoms with Crippen LogP contribution in [-0.2, 0) is 6.42 Å². The van der Waals surface area contributed by atoms with E-state index in [-0.39, 0.29) is 0 Å². The Labute approximate surface area is 156 Å². The van der Waals surface area contributed by atoms with Crippen molar-refractivity contribution < 1.29 is 4.74 Å². The lowest BCUT2D eigenvalue weighted by Crippen LogP contribution is -2.22. The summed E-state index contributed by atoms with van der Waals surface area (Å²) in [5.74, 6) is 5.14. The highest BCUT2D eigenvalue weighted by Crippen LogP contribution is 2.38. The first-order valence-corrected chi connectivity index (χ1v) is 10.9. The molecule has 0 amide bonds. The third-order valence-electron chi connectivity index (χ3n) is 6.66. The van der Waals surface area contributed by atoms with Crippen LogP contribution in [0.1, 0.15) is 84.6 Å². The fraction of sp³-hybridized carbons (Fsp3) is 0.750. The Hall–Kier alpha value is -0.980. The molecule has 0 aromatic heterocycles. The van der Waals surface area contributed by atoms with Crippen LogP contribution < -0.4 is 4.74 Å². The second-order valence-electron chi connectivity index (χ2n) is 8.31. The fourth-order valence-electron chi connectivity index (χ4n) is 4.57. The minimum atomic E-state index is 0.860. The molecule has 1 aliphatic heterocycles. The quantitative estimate of drug-likeness (QED) is 0.526. The Morgan fingerprint density at radius 1 is 1.00 bits per heavy atom. The van der Waals surface area contributed by atoms with Gasteiger partial charge in [-0.05, 0) is 54.6 Å². The molecule has 1 saturated carbocycles. The zero-order chi connectivity index (χ0) is 18.1. The fourth-order valence-corrected chi connectivity index (χ4v) is 4.57. The second kappa shape index (κ2) is 10.9. The molecule has 0 saturated heterocycles. The maximum atomic E-state index is 5.30. The molecule has 1 heterocycles. The third-order valence-corrected chi connectivity index (χ3v) is 6.66. The van der Waals surface area contributed by atoms with Crippen LogP contribution in [0, 0.1) is 23.7 Å². The van der Waals surface area contributed by atoms with Gasteiger partial charge in [0, 0.05) is 6.42 Å². The summed E-state index contributed by atoms with van der Waals surface area (Å²) < 4.78 is 5.30. The van der Waals surface area contributed by atoms with Crippen molar-refractivity contribution in [2.24, 2.45) is 23.7 Å². The van der Waals surface area contributed by atoms with Gasteiger partial charge in [-0.25, -0.2) is 0 Å². The molecule has 1 aromatic carbocycles. The van der Waals surface area contributed by atoms with Gasteiger partial charge >= 0.3 is 0 Å². The van der Waals surface area contributed by atoms with Gasteiger partial charge in [-0.2, -0.15) is 0 Å².